The number of halogens is 3. The molecule has 210 valence electrons. The molecular formula is C23H28F3N3O8S. The topological polar surface area (TPSA) is 146 Å². The molecule has 1 fully saturated rings. The molecule has 0 unspecified atom stereocenters. The van der Waals surface area contributed by atoms with Crippen LogP contribution in [0.15, 0.2) is 41.3 Å². The van der Waals surface area contributed by atoms with Gasteiger partial charge in [-0.2, -0.15) is 13.2 Å². The van der Waals surface area contributed by atoms with E-state index in [2.05, 4.69) is 21.4 Å². The van der Waals surface area contributed by atoms with Crippen LogP contribution in [0.5, 0.6) is 11.5 Å². The lowest BCUT2D eigenvalue weighted by Crippen LogP contribution is -2.46. The largest absolute Gasteiger partial charge is 0.497 e. The highest BCUT2D eigenvalue weighted by molar-refractivity contribution is 7.92. The molecule has 11 nitrogen and oxygen atoms in total. The average Bonchev–Trinajstić information content (AvgIpc) is 2.87. The first-order valence-corrected chi connectivity index (χ1v) is 12.6. The van der Waals surface area contributed by atoms with E-state index < -0.39 is 28.1 Å². The second kappa shape index (κ2) is 12.7. The predicted molar refractivity (Wildman–Crippen MR) is 132 cm³/mol. The lowest BCUT2D eigenvalue weighted by molar-refractivity contribution is -0.192. The van der Waals surface area contributed by atoms with Crippen molar-refractivity contribution in [2.45, 2.75) is 18.0 Å². The van der Waals surface area contributed by atoms with Crippen LogP contribution in [0.3, 0.4) is 0 Å². The van der Waals surface area contributed by atoms with Gasteiger partial charge in [0.25, 0.3) is 10.0 Å². The number of nitrogens with zero attached hydrogens (tertiary/aromatic N) is 2. The molecule has 2 aromatic carbocycles. The molecule has 2 aromatic rings. The van der Waals surface area contributed by atoms with E-state index >= 15 is 0 Å². The summed E-state index contributed by atoms with van der Waals surface area (Å²) in [7, 11) is -1.27. The number of hydrogen-bond acceptors (Lipinski definition) is 8. The maximum absolute atomic E-state index is 13.2. The van der Waals surface area contributed by atoms with Crippen molar-refractivity contribution in [2.24, 2.45) is 0 Å². The molecule has 0 aliphatic carbocycles. The van der Waals surface area contributed by atoms with Gasteiger partial charge >= 0.3 is 18.1 Å². The van der Waals surface area contributed by atoms with E-state index in [1.165, 1.54) is 38.5 Å². The number of carboxylic acid groups (broad SMARTS) is 2. The van der Waals surface area contributed by atoms with Crippen molar-refractivity contribution in [3.63, 3.8) is 0 Å². The molecule has 3 rings (SSSR count). The fraction of sp³-hybridized carbons (Fsp3) is 0.391. The van der Waals surface area contributed by atoms with Gasteiger partial charge in [-0.25, -0.2) is 18.0 Å². The number of benzene rings is 2. The molecule has 0 saturated carbocycles. The molecule has 0 spiro atoms. The van der Waals surface area contributed by atoms with Crippen molar-refractivity contribution in [1.29, 1.82) is 0 Å². The van der Waals surface area contributed by atoms with Crippen LogP contribution in [0, 0.1) is 0 Å². The Bertz CT molecular complexity index is 1250. The molecular weight excluding hydrogens is 535 g/mol. The van der Waals surface area contributed by atoms with E-state index in [4.69, 9.17) is 19.4 Å². The summed E-state index contributed by atoms with van der Waals surface area (Å²) in [6.07, 6.45) is -5.08. The van der Waals surface area contributed by atoms with E-state index in [1.54, 1.807) is 12.1 Å². The molecule has 1 heterocycles. The number of carboxylic acids is 2. The second-order valence-corrected chi connectivity index (χ2v) is 9.53. The Labute approximate surface area is 217 Å². The zero-order valence-corrected chi connectivity index (χ0v) is 21.6. The number of ether oxygens (including phenoxy) is 2. The van der Waals surface area contributed by atoms with Crippen LogP contribution in [-0.4, -0.2) is 88.6 Å². The Hall–Kier alpha value is -3.72. The maximum Gasteiger partial charge on any atom is 0.490 e. The zero-order valence-electron chi connectivity index (χ0n) is 20.8. The number of nitrogens with one attached hydrogen (secondary N) is 1. The number of aromatic carboxylic acids is 1. The van der Waals surface area contributed by atoms with Gasteiger partial charge in [0.15, 0.2) is 0 Å². The number of likely N-dealkylation sites (N-methyl/N-ethyl adjacent to an activating group) is 1. The summed E-state index contributed by atoms with van der Waals surface area (Å²) in [6, 6.07) is 8.93. The molecule has 1 aliphatic heterocycles. The third-order valence-electron chi connectivity index (χ3n) is 5.55. The number of hydrogen-bond donors (Lipinski definition) is 3. The number of piperazine rings is 1. The van der Waals surface area contributed by atoms with E-state index in [-0.39, 0.29) is 21.9 Å². The fourth-order valence-corrected chi connectivity index (χ4v) is 4.78. The van der Waals surface area contributed by atoms with E-state index in [9.17, 15) is 31.5 Å². The Morgan fingerprint density at radius 1 is 1.00 bits per heavy atom. The number of methoxy groups -OCH3 is 2. The summed E-state index contributed by atoms with van der Waals surface area (Å²) < 4.78 is 71.2. The van der Waals surface area contributed by atoms with Gasteiger partial charge in [-0.05, 0) is 36.9 Å². The normalized spacial score (nSPS) is 14.2. The summed E-state index contributed by atoms with van der Waals surface area (Å²) in [5.41, 5.74) is 0.826. The maximum atomic E-state index is 13.2. The van der Waals surface area contributed by atoms with Gasteiger partial charge in [0.05, 0.1) is 31.2 Å². The van der Waals surface area contributed by atoms with Gasteiger partial charge in [0, 0.05) is 32.2 Å². The van der Waals surface area contributed by atoms with Crippen molar-refractivity contribution in [1.82, 2.24) is 4.90 Å². The first-order valence-electron chi connectivity index (χ1n) is 11.1. The number of sulfonamides is 1. The monoisotopic (exact) mass is 563 g/mol. The molecule has 15 heteroatoms. The minimum absolute atomic E-state index is 0.00810. The fourth-order valence-electron chi connectivity index (χ4n) is 3.53. The third kappa shape index (κ3) is 7.89. The Morgan fingerprint density at radius 2 is 1.61 bits per heavy atom. The SMILES string of the molecule is CCN1CCN(c2ccc(C(=O)O)cc2NS(=O)(=O)c2cc(OC)ccc2OC)CC1.O=C(O)C(F)(F)F. The van der Waals surface area contributed by atoms with E-state index in [0.717, 1.165) is 19.6 Å². The molecule has 1 aliphatic rings. The first-order chi connectivity index (χ1) is 17.7. The molecule has 3 N–H and O–H groups in total. The standard InChI is InChI=1S/C21H27N3O6S.C2HF3O2/c1-4-23-9-11-24(12-10-23)18-7-5-15(21(25)26)13-17(18)22-31(27,28)20-14-16(29-2)6-8-19(20)30-3;3-2(4,5)1(6)7/h5-8,13-14,22H,4,9-12H2,1-3H3,(H,25,26);(H,6,7). The zero-order chi connectivity index (χ0) is 28.7. The van der Waals surface area contributed by atoms with Crippen molar-refractivity contribution >= 4 is 33.3 Å². The molecule has 0 bridgehead atoms. The number of rotatable bonds is 8. The molecule has 0 aromatic heterocycles. The summed E-state index contributed by atoms with van der Waals surface area (Å²) in [6.45, 7) is 6.13. The lowest BCUT2D eigenvalue weighted by atomic mass is 10.1. The molecule has 1 saturated heterocycles. The summed E-state index contributed by atoms with van der Waals surface area (Å²) in [5, 5.41) is 16.5. The van der Waals surface area contributed by atoms with Crippen LogP contribution in [0.2, 0.25) is 0 Å². The number of aliphatic carboxylic acids is 1. The first kappa shape index (κ1) is 30.5. The van der Waals surface area contributed by atoms with Crippen molar-refractivity contribution in [3.8, 4) is 11.5 Å². The highest BCUT2D eigenvalue weighted by Crippen LogP contribution is 2.34. The van der Waals surface area contributed by atoms with Crippen LogP contribution < -0.4 is 19.1 Å². The second-order valence-electron chi connectivity index (χ2n) is 7.88. The lowest BCUT2D eigenvalue weighted by Gasteiger charge is -2.36. The predicted octanol–water partition coefficient (Wildman–Crippen LogP) is 2.98. The highest BCUT2D eigenvalue weighted by atomic mass is 32.2. The van der Waals surface area contributed by atoms with Gasteiger partial charge in [-0.1, -0.05) is 6.92 Å². The quantitative estimate of drug-likeness (QED) is 0.438. The van der Waals surface area contributed by atoms with E-state index in [0.29, 0.717) is 24.5 Å². The minimum Gasteiger partial charge on any atom is -0.497 e. The van der Waals surface area contributed by atoms with Crippen LogP contribution in [0.4, 0.5) is 24.5 Å². The molecule has 38 heavy (non-hydrogen) atoms. The van der Waals surface area contributed by atoms with E-state index in [1.807, 2.05) is 0 Å². The summed E-state index contributed by atoms with van der Waals surface area (Å²) in [4.78, 5) is 24.7. The van der Waals surface area contributed by atoms with Crippen molar-refractivity contribution in [2.75, 3.05) is 56.6 Å². The van der Waals surface area contributed by atoms with Gasteiger partial charge in [-0.3, -0.25) is 4.72 Å². The van der Waals surface area contributed by atoms with Crippen LogP contribution in [-0.2, 0) is 14.8 Å². The molecule has 0 amide bonds. The van der Waals surface area contributed by atoms with Crippen molar-refractivity contribution in [3.05, 3.63) is 42.0 Å². The minimum atomic E-state index is -5.08. The summed E-state index contributed by atoms with van der Waals surface area (Å²) in [5.74, 6) is -3.38. The van der Waals surface area contributed by atoms with Gasteiger partial charge in [0.1, 0.15) is 16.4 Å². The third-order valence-corrected chi connectivity index (χ3v) is 6.94. The Balaban J connectivity index is 0.000000638. The number of carbonyl (C=O) groups is 2. The van der Waals surface area contributed by atoms with Gasteiger partial charge in [0.2, 0.25) is 0 Å². The number of alkyl halides is 3. The average molecular weight is 564 g/mol. The van der Waals surface area contributed by atoms with Gasteiger partial charge in [-0.15, -0.1) is 0 Å². The number of anilines is 2. The van der Waals surface area contributed by atoms with Crippen molar-refractivity contribution < 1.29 is 50.9 Å². The Kier molecular flexibility index (Phi) is 10.2. The summed E-state index contributed by atoms with van der Waals surface area (Å²) >= 11 is 0. The Morgan fingerprint density at radius 3 is 2.08 bits per heavy atom. The van der Waals surface area contributed by atoms with Gasteiger partial charge < -0.3 is 29.5 Å². The molecule has 0 atom stereocenters. The van der Waals surface area contributed by atoms with Crippen LogP contribution in [0.25, 0.3) is 0 Å². The smallest absolute Gasteiger partial charge is 0.490 e. The van der Waals surface area contributed by atoms with Crippen LogP contribution in [0.1, 0.15) is 17.3 Å². The highest BCUT2D eigenvalue weighted by Gasteiger charge is 2.38. The van der Waals surface area contributed by atoms with Crippen LogP contribution >= 0.6 is 0 Å². The molecule has 0 radical (unpaired) electrons.